The first kappa shape index (κ1) is 7.57. The van der Waals surface area contributed by atoms with Crippen molar-refractivity contribution in [1.82, 2.24) is 0 Å². The molecule has 1 atom stereocenters. The summed E-state index contributed by atoms with van der Waals surface area (Å²) in [5.41, 5.74) is 0. The van der Waals surface area contributed by atoms with Crippen molar-refractivity contribution in [3.63, 3.8) is 0 Å². The molecule has 10 heavy (non-hydrogen) atoms. The van der Waals surface area contributed by atoms with Crippen molar-refractivity contribution in [3.05, 3.63) is 12.8 Å². The van der Waals surface area contributed by atoms with E-state index in [-0.39, 0.29) is 0 Å². The molecule has 0 N–H and O–H groups in total. The fraction of sp³-hybridized carbons (Fsp3) is 0.714. The Hall–Kier alpha value is -0.540. The lowest BCUT2D eigenvalue weighted by atomic mass is 10.5. The van der Waals surface area contributed by atoms with Crippen LogP contribution in [0.15, 0.2) is 12.8 Å². The molecule has 0 aromatic carbocycles. The van der Waals surface area contributed by atoms with E-state index in [1.54, 1.807) is 0 Å². The molecule has 1 fully saturated rings. The van der Waals surface area contributed by atoms with Crippen molar-refractivity contribution in [2.75, 3.05) is 26.4 Å². The van der Waals surface area contributed by atoms with E-state index in [1.165, 1.54) is 6.26 Å². The van der Waals surface area contributed by atoms with Crippen molar-refractivity contribution in [2.24, 2.45) is 0 Å². The van der Waals surface area contributed by atoms with E-state index in [2.05, 4.69) is 6.58 Å². The molecule has 3 nitrogen and oxygen atoms in total. The van der Waals surface area contributed by atoms with Crippen LogP contribution < -0.4 is 0 Å². The van der Waals surface area contributed by atoms with Crippen molar-refractivity contribution in [2.45, 2.75) is 6.10 Å². The minimum Gasteiger partial charge on any atom is -0.499 e. The molecule has 58 valence electrons. The summed E-state index contributed by atoms with van der Waals surface area (Å²) in [6, 6.07) is 0. The lowest BCUT2D eigenvalue weighted by Crippen LogP contribution is -2.06. The molecule has 0 bridgehead atoms. The Morgan fingerprint density at radius 2 is 2.40 bits per heavy atom. The van der Waals surface area contributed by atoms with Crippen LogP contribution >= 0.6 is 0 Å². The molecule has 1 heterocycles. The molecule has 1 aliphatic heterocycles. The second-order valence-corrected chi connectivity index (χ2v) is 2.07. The van der Waals surface area contributed by atoms with Crippen molar-refractivity contribution < 1.29 is 14.2 Å². The second kappa shape index (κ2) is 4.30. The maximum absolute atomic E-state index is 5.16. The number of epoxide rings is 1. The molecule has 1 rings (SSSR count). The molecular weight excluding hydrogens is 132 g/mol. The van der Waals surface area contributed by atoms with E-state index >= 15 is 0 Å². The monoisotopic (exact) mass is 144 g/mol. The van der Waals surface area contributed by atoms with Gasteiger partial charge in [0.2, 0.25) is 0 Å². The summed E-state index contributed by atoms with van der Waals surface area (Å²) in [7, 11) is 0. The van der Waals surface area contributed by atoms with Crippen LogP contribution in [0, 0.1) is 0 Å². The fourth-order valence-electron chi connectivity index (χ4n) is 0.569. The molecule has 0 aromatic heterocycles. The Kier molecular flexibility index (Phi) is 3.26. The minimum absolute atomic E-state index is 0.351. The van der Waals surface area contributed by atoms with Gasteiger partial charge in [0, 0.05) is 0 Å². The van der Waals surface area contributed by atoms with Gasteiger partial charge in [0.15, 0.2) is 0 Å². The normalized spacial score (nSPS) is 22.2. The zero-order valence-electron chi connectivity index (χ0n) is 5.91. The molecule has 0 spiro atoms. The first-order valence-corrected chi connectivity index (χ1v) is 3.35. The van der Waals surface area contributed by atoms with Gasteiger partial charge < -0.3 is 14.2 Å². The number of rotatable bonds is 6. The largest absolute Gasteiger partial charge is 0.499 e. The first-order valence-electron chi connectivity index (χ1n) is 3.35. The van der Waals surface area contributed by atoms with Crippen LogP contribution in [0.5, 0.6) is 0 Å². The summed E-state index contributed by atoms with van der Waals surface area (Å²) in [5.74, 6) is 0. The molecule has 0 aliphatic carbocycles. The van der Waals surface area contributed by atoms with E-state index in [0.717, 1.165) is 6.61 Å². The Morgan fingerprint density at radius 3 is 3.00 bits per heavy atom. The average Bonchev–Trinajstić information content (AvgIpc) is 2.71. The Bertz CT molecular complexity index is 99.0. The van der Waals surface area contributed by atoms with E-state index in [9.17, 15) is 0 Å². The van der Waals surface area contributed by atoms with Gasteiger partial charge in [-0.25, -0.2) is 0 Å². The highest BCUT2D eigenvalue weighted by Crippen LogP contribution is 2.07. The van der Waals surface area contributed by atoms with Gasteiger partial charge in [-0.2, -0.15) is 0 Å². The van der Waals surface area contributed by atoms with Crippen molar-refractivity contribution in [3.8, 4) is 0 Å². The number of ether oxygens (including phenoxy) is 3. The topological polar surface area (TPSA) is 31.0 Å². The van der Waals surface area contributed by atoms with Crippen molar-refractivity contribution in [1.29, 1.82) is 0 Å². The minimum atomic E-state index is 0.351. The van der Waals surface area contributed by atoms with Crippen LogP contribution in [0.4, 0.5) is 0 Å². The highest BCUT2D eigenvalue weighted by atomic mass is 16.6. The van der Waals surface area contributed by atoms with Gasteiger partial charge >= 0.3 is 0 Å². The summed E-state index contributed by atoms with van der Waals surface area (Å²) in [5, 5.41) is 0. The van der Waals surface area contributed by atoms with E-state index < -0.39 is 0 Å². The first-order chi connectivity index (χ1) is 4.93. The zero-order valence-corrected chi connectivity index (χ0v) is 5.91. The van der Waals surface area contributed by atoms with Crippen LogP contribution in [0.25, 0.3) is 0 Å². The molecule has 0 radical (unpaired) electrons. The van der Waals surface area contributed by atoms with Gasteiger partial charge in [-0.1, -0.05) is 6.58 Å². The van der Waals surface area contributed by atoms with Gasteiger partial charge in [0.05, 0.1) is 26.1 Å². The smallest absolute Gasteiger partial charge is 0.111 e. The lowest BCUT2D eigenvalue weighted by Gasteiger charge is -2.00. The predicted octanol–water partition coefficient (Wildman–Crippen LogP) is 0.562. The maximum atomic E-state index is 5.16. The number of hydrogen-bond donors (Lipinski definition) is 0. The molecule has 0 unspecified atom stereocenters. The predicted molar refractivity (Wildman–Crippen MR) is 36.7 cm³/mol. The summed E-state index contributed by atoms with van der Waals surface area (Å²) < 4.78 is 14.9. The van der Waals surface area contributed by atoms with Crippen molar-refractivity contribution >= 4 is 0 Å². The van der Waals surface area contributed by atoms with Crippen LogP contribution in [0.3, 0.4) is 0 Å². The number of hydrogen-bond acceptors (Lipinski definition) is 3. The standard InChI is InChI=1S/C7H12O3/c1-2-8-3-4-9-5-7-6-10-7/h2,7H,1,3-6H2/t7-/m0/s1. The van der Waals surface area contributed by atoms with Gasteiger partial charge in [-0.05, 0) is 0 Å². The Balaban J connectivity index is 1.72. The van der Waals surface area contributed by atoms with E-state index in [1.807, 2.05) is 0 Å². The molecule has 0 amide bonds. The summed E-state index contributed by atoms with van der Waals surface area (Å²) >= 11 is 0. The van der Waals surface area contributed by atoms with Gasteiger partial charge in [-0.15, -0.1) is 0 Å². The maximum Gasteiger partial charge on any atom is 0.111 e. The molecule has 3 heteroatoms. The van der Waals surface area contributed by atoms with Crippen LogP contribution in [-0.4, -0.2) is 32.5 Å². The van der Waals surface area contributed by atoms with Crippen LogP contribution in [0.1, 0.15) is 0 Å². The van der Waals surface area contributed by atoms with Crippen LogP contribution in [0.2, 0.25) is 0 Å². The molecular formula is C7H12O3. The summed E-state index contributed by atoms with van der Waals surface area (Å²) in [6.45, 7) is 6.14. The fourth-order valence-corrected chi connectivity index (χ4v) is 0.569. The molecule has 0 saturated carbocycles. The van der Waals surface area contributed by atoms with Gasteiger partial charge in [0.25, 0.3) is 0 Å². The third-order valence-electron chi connectivity index (χ3n) is 1.17. The zero-order chi connectivity index (χ0) is 7.23. The summed E-state index contributed by atoms with van der Waals surface area (Å²) in [6.07, 6.45) is 1.76. The molecule has 0 aromatic rings. The van der Waals surface area contributed by atoms with E-state index in [4.69, 9.17) is 14.2 Å². The second-order valence-electron chi connectivity index (χ2n) is 2.07. The lowest BCUT2D eigenvalue weighted by molar-refractivity contribution is 0.0749. The Labute approximate surface area is 60.6 Å². The molecule has 1 aliphatic rings. The SMILES string of the molecule is C=COCCOC[C@H]1CO1. The van der Waals surface area contributed by atoms with E-state index in [0.29, 0.717) is 25.9 Å². The quantitative estimate of drug-likeness (QED) is 0.310. The average molecular weight is 144 g/mol. The third kappa shape index (κ3) is 3.48. The highest BCUT2D eigenvalue weighted by Gasteiger charge is 2.21. The Morgan fingerprint density at radius 1 is 1.60 bits per heavy atom. The van der Waals surface area contributed by atoms with Gasteiger partial charge in [-0.3, -0.25) is 0 Å². The highest BCUT2D eigenvalue weighted by molar-refractivity contribution is 4.66. The van der Waals surface area contributed by atoms with Gasteiger partial charge in [0.1, 0.15) is 12.7 Å². The molecule has 1 saturated heterocycles. The third-order valence-corrected chi connectivity index (χ3v) is 1.17. The van der Waals surface area contributed by atoms with Crippen LogP contribution in [-0.2, 0) is 14.2 Å². The summed E-state index contributed by atoms with van der Waals surface area (Å²) in [4.78, 5) is 0.